The summed E-state index contributed by atoms with van der Waals surface area (Å²) in [5.74, 6) is -0.132. The van der Waals surface area contributed by atoms with Crippen LogP contribution in [0.1, 0.15) is 0 Å². The van der Waals surface area contributed by atoms with Gasteiger partial charge in [0.05, 0.1) is 5.56 Å². The number of aromatic amines is 1. The molecule has 0 spiro atoms. The minimum atomic E-state index is -3.68. The van der Waals surface area contributed by atoms with Gasteiger partial charge < -0.3 is 13.9 Å². The fraction of sp³-hybridized carbons (Fsp3) is 0.111. The Morgan fingerprint density at radius 1 is 1.29 bits per heavy atom. The lowest BCUT2D eigenvalue weighted by molar-refractivity contribution is -0.286. The highest BCUT2D eigenvalue weighted by Crippen LogP contribution is 2.46. The Bertz CT molecular complexity index is 637. The van der Waals surface area contributed by atoms with E-state index < -0.39 is 6.29 Å². The van der Waals surface area contributed by atoms with Crippen LogP contribution in [0.15, 0.2) is 22.6 Å². The number of H-pyrrole nitrogens is 1. The molecule has 0 saturated carbocycles. The third-order valence-corrected chi connectivity index (χ3v) is 2.27. The summed E-state index contributed by atoms with van der Waals surface area (Å²) in [6, 6.07) is 4.39. The number of nitrogens with zero attached hydrogens (tertiary/aromatic N) is 1. The Hall–Kier alpha value is -1.96. The van der Waals surface area contributed by atoms with Crippen molar-refractivity contribution in [3.63, 3.8) is 0 Å². The number of ether oxygens (including phenoxy) is 2. The molecular weight excluding hydrogens is 254 g/mol. The molecule has 0 saturated heterocycles. The lowest BCUT2D eigenvalue weighted by atomic mass is 10.2. The van der Waals surface area contributed by atoms with E-state index in [1.165, 1.54) is 18.2 Å². The first-order chi connectivity index (χ1) is 8.05. The second-order valence-corrected chi connectivity index (χ2v) is 3.59. The summed E-state index contributed by atoms with van der Waals surface area (Å²) < 4.78 is 39.5. The zero-order chi connectivity index (χ0) is 12.0. The summed E-state index contributed by atoms with van der Waals surface area (Å²) in [4.78, 5) is 0.0447. The first-order valence-corrected chi connectivity index (χ1v) is 4.91. The van der Waals surface area contributed by atoms with Crippen LogP contribution in [-0.4, -0.2) is 16.5 Å². The molecule has 1 N–H and O–H groups in total. The number of para-hydroxylation sites is 1. The van der Waals surface area contributed by atoms with Crippen molar-refractivity contribution >= 4 is 12.2 Å². The molecule has 0 amide bonds. The molecule has 0 fully saturated rings. The summed E-state index contributed by atoms with van der Waals surface area (Å²) in [6.45, 7) is 0. The van der Waals surface area contributed by atoms with E-state index in [4.69, 9.17) is 16.6 Å². The van der Waals surface area contributed by atoms with Gasteiger partial charge >= 0.3 is 6.29 Å². The molecule has 3 rings (SSSR count). The van der Waals surface area contributed by atoms with Gasteiger partial charge in [-0.15, -0.1) is 13.9 Å². The Morgan fingerprint density at radius 3 is 2.82 bits per heavy atom. The largest absolute Gasteiger partial charge is 0.586 e. The number of halogens is 2. The van der Waals surface area contributed by atoms with E-state index in [1.54, 1.807) is 0 Å². The van der Waals surface area contributed by atoms with Crippen LogP contribution in [0.5, 0.6) is 11.5 Å². The highest BCUT2D eigenvalue weighted by atomic mass is 32.1. The van der Waals surface area contributed by atoms with E-state index in [2.05, 4.69) is 19.7 Å². The molecule has 2 heterocycles. The molecule has 1 aromatic carbocycles. The summed E-state index contributed by atoms with van der Waals surface area (Å²) >= 11 is 4.70. The summed E-state index contributed by atoms with van der Waals surface area (Å²) in [7, 11) is 0. The number of nitrogens with one attached hydrogen (secondary N) is 1. The second-order valence-electron chi connectivity index (χ2n) is 3.22. The first-order valence-electron chi connectivity index (χ1n) is 4.50. The van der Waals surface area contributed by atoms with E-state index in [-0.39, 0.29) is 27.8 Å². The normalized spacial score (nSPS) is 16.1. The van der Waals surface area contributed by atoms with Gasteiger partial charge in [0.1, 0.15) is 0 Å². The maximum Gasteiger partial charge on any atom is 0.586 e. The number of benzene rings is 1. The molecule has 5 nitrogen and oxygen atoms in total. The molecule has 0 bridgehead atoms. The SMILES string of the molecule is FC1(F)Oc2cccc(-c3n[nH]c(=S)o3)c2O1. The van der Waals surface area contributed by atoms with Gasteiger partial charge in [-0.1, -0.05) is 6.07 Å². The maximum absolute atomic E-state index is 12.9. The van der Waals surface area contributed by atoms with Crippen LogP contribution in [0.4, 0.5) is 8.78 Å². The van der Waals surface area contributed by atoms with E-state index >= 15 is 0 Å². The highest BCUT2D eigenvalue weighted by Gasteiger charge is 2.45. The van der Waals surface area contributed by atoms with Crippen molar-refractivity contribution in [2.24, 2.45) is 0 Å². The number of fused-ring (bicyclic) bond motifs is 1. The molecule has 1 aliphatic rings. The Labute approximate surface area is 98.0 Å². The van der Waals surface area contributed by atoms with Crippen molar-refractivity contribution in [1.82, 2.24) is 10.2 Å². The average molecular weight is 258 g/mol. The van der Waals surface area contributed by atoms with E-state index in [9.17, 15) is 8.78 Å². The van der Waals surface area contributed by atoms with Gasteiger partial charge in [0.25, 0.3) is 4.84 Å². The van der Waals surface area contributed by atoms with Crippen molar-refractivity contribution in [3.8, 4) is 23.0 Å². The van der Waals surface area contributed by atoms with Gasteiger partial charge in [-0.3, -0.25) is 0 Å². The van der Waals surface area contributed by atoms with Crippen molar-refractivity contribution in [3.05, 3.63) is 23.0 Å². The third-order valence-electron chi connectivity index (χ3n) is 2.10. The van der Waals surface area contributed by atoms with Gasteiger partial charge in [0, 0.05) is 0 Å². The summed E-state index contributed by atoms with van der Waals surface area (Å²) in [5.41, 5.74) is 0.243. The minimum Gasteiger partial charge on any atom is -0.409 e. The molecule has 0 unspecified atom stereocenters. The van der Waals surface area contributed by atoms with Crippen LogP contribution < -0.4 is 9.47 Å². The number of hydrogen-bond acceptors (Lipinski definition) is 5. The number of alkyl halides is 2. The summed E-state index contributed by atoms with van der Waals surface area (Å²) in [5, 5.41) is 6.13. The monoisotopic (exact) mass is 258 g/mol. The smallest absolute Gasteiger partial charge is 0.409 e. The number of rotatable bonds is 1. The van der Waals surface area contributed by atoms with Crippen molar-refractivity contribution in [2.75, 3.05) is 0 Å². The first kappa shape index (κ1) is 10.2. The number of aromatic nitrogens is 2. The van der Waals surface area contributed by atoms with Crippen molar-refractivity contribution in [2.45, 2.75) is 6.29 Å². The molecule has 88 valence electrons. The van der Waals surface area contributed by atoms with Crippen LogP contribution in [0.2, 0.25) is 0 Å². The molecule has 2 aromatic rings. The van der Waals surface area contributed by atoms with Crippen molar-refractivity contribution < 1.29 is 22.7 Å². The van der Waals surface area contributed by atoms with Crippen LogP contribution >= 0.6 is 12.2 Å². The van der Waals surface area contributed by atoms with E-state index in [0.717, 1.165) is 0 Å². The zero-order valence-corrected chi connectivity index (χ0v) is 8.88. The van der Waals surface area contributed by atoms with E-state index in [0.29, 0.717) is 0 Å². The van der Waals surface area contributed by atoms with Crippen LogP contribution in [-0.2, 0) is 0 Å². The molecule has 17 heavy (non-hydrogen) atoms. The highest BCUT2D eigenvalue weighted by molar-refractivity contribution is 7.71. The zero-order valence-electron chi connectivity index (χ0n) is 8.07. The molecule has 1 aliphatic heterocycles. The van der Waals surface area contributed by atoms with Crippen LogP contribution in [0.3, 0.4) is 0 Å². The van der Waals surface area contributed by atoms with Crippen LogP contribution in [0, 0.1) is 4.84 Å². The molecule has 0 atom stereocenters. The summed E-state index contributed by atoms with van der Waals surface area (Å²) in [6.07, 6.45) is -3.68. The standard InChI is InChI=1S/C9H4F2N2O3S/c10-9(11)15-5-3-1-2-4(6(5)16-9)7-12-13-8(17)14-7/h1-3H,(H,13,17). The molecular formula is C9H4F2N2O3S. The maximum atomic E-state index is 12.9. The van der Waals surface area contributed by atoms with E-state index in [1.807, 2.05) is 0 Å². The molecule has 1 aromatic heterocycles. The van der Waals surface area contributed by atoms with Gasteiger partial charge in [0.2, 0.25) is 5.89 Å². The lowest BCUT2D eigenvalue weighted by Gasteiger charge is -2.05. The predicted molar refractivity (Wildman–Crippen MR) is 53.3 cm³/mol. The van der Waals surface area contributed by atoms with Gasteiger partial charge in [0.15, 0.2) is 11.5 Å². The minimum absolute atomic E-state index is 0.0447. The van der Waals surface area contributed by atoms with Crippen LogP contribution in [0.25, 0.3) is 11.5 Å². The Balaban J connectivity index is 2.15. The average Bonchev–Trinajstić information content (AvgIpc) is 2.78. The topological polar surface area (TPSA) is 60.3 Å². The van der Waals surface area contributed by atoms with Crippen molar-refractivity contribution in [1.29, 1.82) is 0 Å². The third kappa shape index (κ3) is 1.66. The molecule has 8 heteroatoms. The van der Waals surface area contributed by atoms with Gasteiger partial charge in [-0.25, -0.2) is 5.10 Å². The number of hydrogen-bond donors (Lipinski definition) is 1. The Morgan fingerprint density at radius 2 is 2.12 bits per heavy atom. The molecule has 0 radical (unpaired) electrons. The molecule has 0 aliphatic carbocycles. The van der Waals surface area contributed by atoms with Gasteiger partial charge in [-0.05, 0) is 24.4 Å². The predicted octanol–water partition coefficient (Wildman–Crippen LogP) is 2.72. The fourth-order valence-electron chi connectivity index (χ4n) is 1.48. The Kier molecular flexibility index (Phi) is 1.96. The second kappa shape index (κ2) is 3.27. The fourth-order valence-corrected chi connectivity index (χ4v) is 1.61. The quantitative estimate of drug-likeness (QED) is 0.797. The lowest BCUT2D eigenvalue weighted by Crippen LogP contribution is -2.26. The van der Waals surface area contributed by atoms with Gasteiger partial charge in [-0.2, -0.15) is 0 Å².